The minimum absolute atomic E-state index is 0.00551. The number of amides is 2. The molecule has 0 bridgehead atoms. The quantitative estimate of drug-likeness (QED) is 0.870. The summed E-state index contributed by atoms with van der Waals surface area (Å²) in [5.74, 6) is 0.955. The van der Waals surface area contributed by atoms with Crippen molar-refractivity contribution in [2.45, 2.75) is 34.1 Å². The molecule has 24 heavy (non-hydrogen) atoms. The molecule has 2 N–H and O–H groups in total. The fraction of sp³-hybridized carbons (Fsp3) is 0.579. The van der Waals surface area contributed by atoms with Crippen LogP contribution in [0.15, 0.2) is 18.2 Å². The number of carbonyl (C=O) groups is 2. The molecule has 132 valence electrons. The van der Waals surface area contributed by atoms with Crippen LogP contribution in [0, 0.1) is 25.7 Å². The molecule has 0 aromatic heterocycles. The summed E-state index contributed by atoms with van der Waals surface area (Å²) in [5, 5.41) is 5.61. The lowest BCUT2D eigenvalue weighted by Gasteiger charge is -2.34. The van der Waals surface area contributed by atoms with Gasteiger partial charge in [-0.3, -0.25) is 14.5 Å². The number of anilines is 1. The van der Waals surface area contributed by atoms with Crippen molar-refractivity contribution in [3.63, 3.8) is 0 Å². The number of aryl methyl sites for hydroxylation is 2. The van der Waals surface area contributed by atoms with Crippen molar-refractivity contribution in [2.75, 3.05) is 31.5 Å². The number of hydrogen-bond acceptors (Lipinski definition) is 3. The molecule has 2 unspecified atom stereocenters. The van der Waals surface area contributed by atoms with Crippen LogP contribution in [0.25, 0.3) is 0 Å². The fourth-order valence-electron chi connectivity index (χ4n) is 3.55. The Labute approximate surface area is 144 Å². The van der Waals surface area contributed by atoms with Crippen LogP contribution in [-0.2, 0) is 9.59 Å². The van der Waals surface area contributed by atoms with Gasteiger partial charge in [0.2, 0.25) is 11.8 Å². The van der Waals surface area contributed by atoms with Crippen molar-refractivity contribution < 1.29 is 9.59 Å². The van der Waals surface area contributed by atoms with Gasteiger partial charge < -0.3 is 10.6 Å². The summed E-state index contributed by atoms with van der Waals surface area (Å²) in [6.45, 7) is 10.6. The molecular weight excluding hydrogens is 302 g/mol. The number of carbonyl (C=O) groups excluding carboxylic acids is 2. The second-order valence-corrected chi connectivity index (χ2v) is 7.23. The van der Waals surface area contributed by atoms with Crippen LogP contribution in [0.1, 0.15) is 31.4 Å². The molecule has 5 nitrogen and oxygen atoms in total. The standard InChI is InChI=1S/C19H29N3O2/c1-13-8-14(2)11-22(10-13)12-18(24)20-9-17(23)21-19-15(3)6-5-7-16(19)4/h5-7,13-14H,8-12H2,1-4H3,(H,20,24)(H,21,23). The van der Waals surface area contributed by atoms with Gasteiger partial charge in [0, 0.05) is 18.8 Å². The largest absolute Gasteiger partial charge is 0.346 e. The highest BCUT2D eigenvalue weighted by Gasteiger charge is 2.23. The van der Waals surface area contributed by atoms with E-state index in [9.17, 15) is 9.59 Å². The van der Waals surface area contributed by atoms with Gasteiger partial charge in [0.25, 0.3) is 0 Å². The van der Waals surface area contributed by atoms with Gasteiger partial charge >= 0.3 is 0 Å². The number of nitrogens with one attached hydrogen (secondary N) is 2. The molecule has 0 saturated carbocycles. The summed E-state index contributed by atoms with van der Waals surface area (Å²) in [6.07, 6.45) is 1.22. The zero-order valence-electron chi connectivity index (χ0n) is 15.2. The first-order valence-corrected chi connectivity index (χ1v) is 8.70. The molecule has 0 spiro atoms. The van der Waals surface area contributed by atoms with E-state index in [2.05, 4.69) is 29.4 Å². The van der Waals surface area contributed by atoms with Crippen LogP contribution in [0.2, 0.25) is 0 Å². The van der Waals surface area contributed by atoms with Gasteiger partial charge in [-0.15, -0.1) is 0 Å². The van der Waals surface area contributed by atoms with Crippen molar-refractivity contribution in [2.24, 2.45) is 11.8 Å². The van der Waals surface area contributed by atoms with Gasteiger partial charge in [0.1, 0.15) is 0 Å². The van der Waals surface area contributed by atoms with Crippen LogP contribution >= 0.6 is 0 Å². The first-order valence-electron chi connectivity index (χ1n) is 8.70. The number of likely N-dealkylation sites (tertiary alicyclic amines) is 1. The zero-order chi connectivity index (χ0) is 17.7. The number of benzene rings is 1. The topological polar surface area (TPSA) is 61.4 Å². The zero-order valence-corrected chi connectivity index (χ0v) is 15.2. The Morgan fingerprint density at radius 2 is 1.67 bits per heavy atom. The number of piperidine rings is 1. The van der Waals surface area contributed by atoms with E-state index in [0.29, 0.717) is 18.4 Å². The molecule has 5 heteroatoms. The lowest BCUT2D eigenvalue weighted by Crippen LogP contribution is -2.45. The molecule has 2 atom stereocenters. The van der Waals surface area contributed by atoms with E-state index in [1.165, 1.54) is 6.42 Å². The minimum Gasteiger partial charge on any atom is -0.346 e. The van der Waals surface area contributed by atoms with Crippen molar-refractivity contribution in [1.82, 2.24) is 10.2 Å². The maximum absolute atomic E-state index is 12.1. The number of nitrogens with zero attached hydrogens (tertiary/aromatic N) is 1. The van der Waals surface area contributed by atoms with E-state index in [0.717, 1.165) is 29.9 Å². The van der Waals surface area contributed by atoms with Crippen LogP contribution in [0.5, 0.6) is 0 Å². The molecule has 1 aromatic carbocycles. The van der Waals surface area contributed by atoms with Crippen molar-refractivity contribution in [1.29, 1.82) is 0 Å². The first kappa shape index (κ1) is 18.5. The minimum atomic E-state index is -0.193. The van der Waals surface area contributed by atoms with Gasteiger partial charge in [-0.25, -0.2) is 0 Å². The Kier molecular flexibility index (Phi) is 6.37. The second kappa shape index (κ2) is 8.29. The normalized spacial score (nSPS) is 21.3. The number of rotatable bonds is 5. The van der Waals surface area contributed by atoms with Crippen LogP contribution in [-0.4, -0.2) is 42.9 Å². The van der Waals surface area contributed by atoms with E-state index in [4.69, 9.17) is 0 Å². The number of hydrogen-bond donors (Lipinski definition) is 2. The molecule has 1 aliphatic heterocycles. The predicted molar refractivity (Wildman–Crippen MR) is 96.9 cm³/mol. The molecule has 1 aliphatic rings. The summed E-state index contributed by atoms with van der Waals surface area (Å²) in [5.41, 5.74) is 2.87. The van der Waals surface area contributed by atoms with E-state index < -0.39 is 0 Å². The molecule has 2 rings (SSSR count). The third kappa shape index (κ3) is 5.34. The molecule has 1 aromatic rings. The van der Waals surface area contributed by atoms with Gasteiger partial charge in [0.15, 0.2) is 0 Å². The molecule has 1 fully saturated rings. The lowest BCUT2D eigenvalue weighted by atomic mass is 9.92. The van der Waals surface area contributed by atoms with E-state index in [-0.39, 0.29) is 18.4 Å². The van der Waals surface area contributed by atoms with Gasteiger partial charge in [-0.05, 0) is 43.2 Å². The van der Waals surface area contributed by atoms with Crippen LogP contribution in [0.3, 0.4) is 0 Å². The third-order valence-corrected chi connectivity index (χ3v) is 4.50. The van der Waals surface area contributed by atoms with Gasteiger partial charge in [0.05, 0.1) is 13.1 Å². The highest BCUT2D eigenvalue weighted by molar-refractivity contribution is 5.95. The maximum Gasteiger partial charge on any atom is 0.243 e. The fourth-order valence-corrected chi connectivity index (χ4v) is 3.55. The highest BCUT2D eigenvalue weighted by atomic mass is 16.2. The lowest BCUT2D eigenvalue weighted by molar-refractivity contribution is -0.125. The molecule has 0 radical (unpaired) electrons. The van der Waals surface area contributed by atoms with Crippen LogP contribution in [0.4, 0.5) is 5.69 Å². The van der Waals surface area contributed by atoms with E-state index >= 15 is 0 Å². The summed E-state index contributed by atoms with van der Waals surface area (Å²) in [6, 6.07) is 5.88. The Bertz CT molecular complexity index is 570. The van der Waals surface area contributed by atoms with E-state index in [1.807, 2.05) is 32.0 Å². The molecular formula is C19H29N3O2. The summed E-state index contributed by atoms with van der Waals surface area (Å²) in [7, 11) is 0. The van der Waals surface area contributed by atoms with E-state index in [1.54, 1.807) is 0 Å². The van der Waals surface area contributed by atoms with Gasteiger partial charge in [-0.1, -0.05) is 32.0 Å². The Balaban J connectivity index is 1.78. The highest BCUT2D eigenvalue weighted by Crippen LogP contribution is 2.20. The predicted octanol–water partition coefficient (Wildman–Crippen LogP) is 2.34. The average molecular weight is 331 g/mol. The summed E-state index contributed by atoms with van der Waals surface area (Å²) < 4.78 is 0. The van der Waals surface area contributed by atoms with Gasteiger partial charge in [-0.2, -0.15) is 0 Å². The summed E-state index contributed by atoms with van der Waals surface area (Å²) >= 11 is 0. The van der Waals surface area contributed by atoms with Crippen molar-refractivity contribution in [3.05, 3.63) is 29.3 Å². The third-order valence-electron chi connectivity index (χ3n) is 4.50. The molecule has 1 saturated heterocycles. The molecule has 0 aliphatic carbocycles. The Morgan fingerprint density at radius 3 is 2.25 bits per heavy atom. The van der Waals surface area contributed by atoms with Crippen LogP contribution < -0.4 is 10.6 Å². The second-order valence-electron chi connectivity index (χ2n) is 7.23. The smallest absolute Gasteiger partial charge is 0.243 e. The number of para-hydroxylation sites is 1. The summed E-state index contributed by atoms with van der Waals surface area (Å²) in [4.78, 5) is 26.3. The first-order chi connectivity index (χ1) is 11.3. The molecule has 1 heterocycles. The van der Waals surface area contributed by atoms with Crippen molar-refractivity contribution >= 4 is 17.5 Å². The monoisotopic (exact) mass is 331 g/mol. The molecule has 2 amide bonds. The Morgan fingerprint density at radius 1 is 1.08 bits per heavy atom. The average Bonchev–Trinajstić information content (AvgIpc) is 2.48. The Hall–Kier alpha value is -1.88. The maximum atomic E-state index is 12.1. The SMILES string of the molecule is Cc1cccc(C)c1NC(=O)CNC(=O)CN1CC(C)CC(C)C1. The van der Waals surface area contributed by atoms with Crippen molar-refractivity contribution in [3.8, 4) is 0 Å².